The number of thiazole rings is 1. The van der Waals surface area contributed by atoms with Gasteiger partial charge in [0.2, 0.25) is 10.0 Å². The van der Waals surface area contributed by atoms with Crippen molar-refractivity contribution in [3.05, 3.63) is 40.6 Å². The lowest BCUT2D eigenvalue weighted by Gasteiger charge is -2.27. The minimum Gasteiger partial charge on any atom is -0.263 e. The van der Waals surface area contributed by atoms with Gasteiger partial charge in [0.1, 0.15) is 9.90 Å². The van der Waals surface area contributed by atoms with E-state index in [-0.39, 0.29) is 4.90 Å². The van der Waals surface area contributed by atoms with Crippen LogP contribution in [0.4, 0.5) is 0 Å². The molecule has 1 fully saturated rings. The number of hydrogen-bond acceptors (Lipinski definition) is 5. The van der Waals surface area contributed by atoms with Crippen LogP contribution in [0.25, 0.3) is 0 Å². The highest BCUT2D eigenvalue weighted by Crippen LogP contribution is 2.41. The molecule has 2 heterocycles. The van der Waals surface area contributed by atoms with Crippen LogP contribution in [0.2, 0.25) is 0 Å². The number of nitrogens with one attached hydrogen (secondary N) is 1. The highest BCUT2D eigenvalue weighted by atomic mass is 32.2. The maximum atomic E-state index is 12.6. The first-order valence-corrected chi connectivity index (χ1v) is 9.25. The molecule has 1 aliphatic carbocycles. The van der Waals surface area contributed by atoms with Gasteiger partial charge in [-0.2, -0.15) is 4.72 Å². The zero-order valence-electron chi connectivity index (χ0n) is 11.7. The fourth-order valence-corrected chi connectivity index (χ4v) is 5.20. The highest BCUT2D eigenvalue weighted by Gasteiger charge is 2.41. The van der Waals surface area contributed by atoms with Gasteiger partial charge in [0.05, 0.1) is 5.54 Å². The molecule has 112 valence electrons. The zero-order valence-corrected chi connectivity index (χ0v) is 13.4. The Bertz CT molecular complexity index is 720. The lowest BCUT2D eigenvalue weighted by molar-refractivity contribution is 0.402. The van der Waals surface area contributed by atoms with Gasteiger partial charge < -0.3 is 0 Å². The van der Waals surface area contributed by atoms with Gasteiger partial charge in [-0.05, 0) is 31.9 Å². The molecule has 7 heteroatoms. The number of aromatic nitrogens is 2. The zero-order chi connectivity index (χ0) is 14.9. The molecule has 0 aliphatic heterocycles. The van der Waals surface area contributed by atoms with E-state index in [2.05, 4.69) is 14.7 Å². The molecule has 0 atom stereocenters. The SMILES string of the molecule is Cc1csc(C2(NS(=O)(=O)c3cccnc3)CCCC2)n1. The fraction of sp³-hybridized carbons (Fsp3) is 0.429. The van der Waals surface area contributed by atoms with E-state index in [1.165, 1.54) is 17.5 Å². The van der Waals surface area contributed by atoms with Crippen molar-refractivity contribution < 1.29 is 8.42 Å². The second kappa shape index (κ2) is 5.47. The molecule has 5 nitrogen and oxygen atoms in total. The number of nitrogens with zero attached hydrogens (tertiary/aromatic N) is 2. The van der Waals surface area contributed by atoms with Crippen molar-refractivity contribution in [3.8, 4) is 0 Å². The molecule has 1 N–H and O–H groups in total. The average Bonchev–Trinajstić information content (AvgIpc) is 3.09. The van der Waals surface area contributed by atoms with Crippen molar-refractivity contribution in [1.82, 2.24) is 14.7 Å². The normalized spacial score (nSPS) is 18.0. The monoisotopic (exact) mass is 323 g/mol. The summed E-state index contributed by atoms with van der Waals surface area (Å²) in [4.78, 5) is 8.61. The molecule has 1 aliphatic rings. The van der Waals surface area contributed by atoms with Crippen LogP contribution in [0.3, 0.4) is 0 Å². The van der Waals surface area contributed by atoms with E-state index in [0.717, 1.165) is 36.4 Å². The molecule has 1 saturated carbocycles. The Morgan fingerprint density at radius 2 is 2.10 bits per heavy atom. The van der Waals surface area contributed by atoms with Gasteiger partial charge in [-0.3, -0.25) is 4.98 Å². The summed E-state index contributed by atoms with van der Waals surface area (Å²) in [6.07, 6.45) is 6.54. The molecule has 0 spiro atoms. The Morgan fingerprint density at radius 3 is 2.67 bits per heavy atom. The molecule has 2 aromatic rings. The van der Waals surface area contributed by atoms with Gasteiger partial charge in [-0.15, -0.1) is 11.3 Å². The smallest absolute Gasteiger partial charge is 0.242 e. The Labute approximate surface area is 128 Å². The maximum absolute atomic E-state index is 12.6. The van der Waals surface area contributed by atoms with Crippen molar-refractivity contribution in [1.29, 1.82) is 0 Å². The minimum absolute atomic E-state index is 0.199. The van der Waals surface area contributed by atoms with Crippen molar-refractivity contribution in [2.45, 2.75) is 43.0 Å². The predicted octanol–water partition coefficient (Wildman–Crippen LogP) is 2.59. The van der Waals surface area contributed by atoms with Crippen molar-refractivity contribution >= 4 is 21.4 Å². The Balaban J connectivity index is 1.97. The van der Waals surface area contributed by atoms with E-state index in [9.17, 15) is 8.42 Å². The van der Waals surface area contributed by atoms with Gasteiger partial charge in [-0.25, -0.2) is 13.4 Å². The third-order valence-corrected chi connectivity index (χ3v) is 6.45. The Kier molecular flexibility index (Phi) is 3.81. The number of sulfonamides is 1. The standard InChI is InChI=1S/C14H17N3O2S2/c1-11-10-20-13(16-11)14(6-2-3-7-14)17-21(18,19)12-5-4-8-15-9-12/h4-5,8-10,17H,2-3,6-7H2,1H3. The summed E-state index contributed by atoms with van der Waals surface area (Å²) >= 11 is 1.53. The van der Waals surface area contributed by atoms with Crippen LogP contribution in [-0.2, 0) is 15.6 Å². The summed E-state index contributed by atoms with van der Waals surface area (Å²) in [5, 5.41) is 2.83. The molecule has 0 aromatic carbocycles. The van der Waals surface area contributed by atoms with E-state index in [1.54, 1.807) is 18.3 Å². The third kappa shape index (κ3) is 2.86. The third-order valence-electron chi connectivity index (χ3n) is 3.76. The van der Waals surface area contributed by atoms with E-state index < -0.39 is 15.6 Å². The fourth-order valence-electron chi connectivity index (χ4n) is 2.73. The van der Waals surface area contributed by atoms with Crippen LogP contribution in [0, 0.1) is 6.92 Å². The van der Waals surface area contributed by atoms with Crippen molar-refractivity contribution in [3.63, 3.8) is 0 Å². The van der Waals surface area contributed by atoms with Gasteiger partial charge >= 0.3 is 0 Å². The highest BCUT2D eigenvalue weighted by molar-refractivity contribution is 7.89. The Hall–Kier alpha value is -1.31. The summed E-state index contributed by atoms with van der Waals surface area (Å²) in [5.74, 6) is 0. The molecule has 0 saturated heterocycles. The van der Waals surface area contributed by atoms with Crippen LogP contribution < -0.4 is 4.72 Å². The first kappa shape index (κ1) is 14.6. The van der Waals surface area contributed by atoms with Crippen LogP contribution >= 0.6 is 11.3 Å². The molecule has 21 heavy (non-hydrogen) atoms. The molecular formula is C14H17N3O2S2. The van der Waals surface area contributed by atoms with E-state index in [4.69, 9.17) is 0 Å². The molecule has 0 unspecified atom stereocenters. The van der Waals surface area contributed by atoms with Crippen LogP contribution in [0.1, 0.15) is 36.4 Å². The van der Waals surface area contributed by atoms with Crippen molar-refractivity contribution in [2.75, 3.05) is 0 Å². The van der Waals surface area contributed by atoms with E-state index in [0.29, 0.717) is 0 Å². The largest absolute Gasteiger partial charge is 0.263 e. The summed E-state index contributed by atoms with van der Waals surface area (Å²) in [6.45, 7) is 1.93. The van der Waals surface area contributed by atoms with Gasteiger partial charge in [0.15, 0.2) is 0 Å². The van der Waals surface area contributed by atoms with E-state index >= 15 is 0 Å². The predicted molar refractivity (Wildman–Crippen MR) is 81.6 cm³/mol. The molecular weight excluding hydrogens is 306 g/mol. The molecule has 0 bridgehead atoms. The molecule has 2 aromatic heterocycles. The number of aryl methyl sites for hydroxylation is 1. The number of rotatable bonds is 4. The van der Waals surface area contributed by atoms with Crippen LogP contribution in [0.15, 0.2) is 34.8 Å². The van der Waals surface area contributed by atoms with Gasteiger partial charge in [-0.1, -0.05) is 12.8 Å². The number of hydrogen-bond donors (Lipinski definition) is 1. The summed E-state index contributed by atoms with van der Waals surface area (Å²) in [6, 6.07) is 3.19. The molecule has 3 rings (SSSR count). The molecule has 0 radical (unpaired) electrons. The molecule has 0 amide bonds. The Morgan fingerprint density at radius 1 is 1.33 bits per heavy atom. The number of pyridine rings is 1. The average molecular weight is 323 g/mol. The summed E-state index contributed by atoms with van der Waals surface area (Å²) in [5.41, 5.74) is 0.370. The van der Waals surface area contributed by atoms with E-state index in [1.807, 2.05) is 12.3 Å². The van der Waals surface area contributed by atoms with Gasteiger partial charge in [0.25, 0.3) is 0 Å². The lowest BCUT2D eigenvalue weighted by Crippen LogP contribution is -2.43. The lowest BCUT2D eigenvalue weighted by atomic mass is 10.0. The second-order valence-electron chi connectivity index (χ2n) is 5.38. The van der Waals surface area contributed by atoms with Crippen molar-refractivity contribution in [2.24, 2.45) is 0 Å². The van der Waals surface area contributed by atoms with Crippen LogP contribution in [-0.4, -0.2) is 18.4 Å². The first-order chi connectivity index (χ1) is 10.0. The van der Waals surface area contributed by atoms with Crippen LogP contribution in [0.5, 0.6) is 0 Å². The summed E-state index contributed by atoms with van der Waals surface area (Å²) < 4.78 is 28.1. The topological polar surface area (TPSA) is 72.0 Å². The quantitative estimate of drug-likeness (QED) is 0.939. The first-order valence-electron chi connectivity index (χ1n) is 6.88. The maximum Gasteiger partial charge on any atom is 0.242 e. The minimum atomic E-state index is -3.59. The summed E-state index contributed by atoms with van der Waals surface area (Å²) in [7, 11) is -3.59. The second-order valence-corrected chi connectivity index (χ2v) is 7.92. The van der Waals surface area contributed by atoms with Gasteiger partial charge in [0, 0.05) is 23.5 Å².